The molecule has 0 heterocycles. The van der Waals surface area contributed by atoms with Gasteiger partial charge < -0.3 is 0 Å². The molecule has 23 heavy (non-hydrogen) atoms. The van der Waals surface area contributed by atoms with Gasteiger partial charge in [-0.1, -0.05) is 82.3 Å². The van der Waals surface area contributed by atoms with E-state index in [1.165, 1.54) is 39.0 Å². The van der Waals surface area contributed by atoms with Crippen molar-refractivity contribution < 1.29 is 0 Å². The van der Waals surface area contributed by atoms with E-state index in [1.54, 1.807) is 0 Å². The second-order valence-corrected chi connectivity index (χ2v) is 7.76. The largest absolute Gasteiger partial charge is 0.0735 e. The van der Waals surface area contributed by atoms with E-state index in [0.29, 0.717) is 5.92 Å². The molecule has 1 unspecified atom stereocenters. The smallest absolute Gasteiger partial charge is 0.0218 e. The zero-order chi connectivity index (χ0) is 16.2. The molecule has 0 bridgehead atoms. The zero-order valence-corrected chi connectivity index (χ0v) is 14.4. The normalized spacial score (nSPS) is 19.2. The van der Waals surface area contributed by atoms with Gasteiger partial charge in [0.25, 0.3) is 0 Å². The summed E-state index contributed by atoms with van der Waals surface area (Å²) in [6.07, 6.45) is 7.19. The first kappa shape index (κ1) is 14.5. The summed E-state index contributed by atoms with van der Waals surface area (Å²) >= 11 is 0. The molecule has 2 aliphatic carbocycles. The number of fused-ring (bicyclic) bond motifs is 3. The van der Waals surface area contributed by atoms with Crippen LogP contribution in [0.15, 0.2) is 60.2 Å². The Balaban J connectivity index is 1.82. The number of hydrogen-bond acceptors (Lipinski definition) is 0. The van der Waals surface area contributed by atoms with Crippen molar-refractivity contribution in [2.75, 3.05) is 0 Å². The molecule has 2 aliphatic rings. The molecule has 0 spiro atoms. The summed E-state index contributed by atoms with van der Waals surface area (Å²) in [4.78, 5) is 0. The second-order valence-electron chi connectivity index (χ2n) is 7.76. The minimum atomic E-state index is 0.209. The van der Waals surface area contributed by atoms with Crippen molar-refractivity contribution in [3.05, 3.63) is 83.3 Å². The fraction of sp³-hybridized carbons (Fsp3) is 0.261. The predicted molar refractivity (Wildman–Crippen MR) is 99.1 cm³/mol. The van der Waals surface area contributed by atoms with Crippen molar-refractivity contribution in [3.8, 4) is 11.1 Å². The van der Waals surface area contributed by atoms with E-state index < -0.39 is 0 Å². The second kappa shape index (κ2) is 4.96. The molecule has 0 fully saturated rings. The summed E-state index contributed by atoms with van der Waals surface area (Å²) in [5.41, 5.74) is 9.96. The highest BCUT2D eigenvalue weighted by Crippen LogP contribution is 2.45. The van der Waals surface area contributed by atoms with Gasteiger partial charge in [0.15, 0.2) is 0 Å². The van der Waals surface area contributed by atoms with Gasteiger partial charge in [0.2, 0.25) is 0 Å². The molecule has 115 valence electrons. The van der Waals surface area contributed by atoms with E-state index in [2.05, 4.69) is 88.7 Å². The lowest BCUT2D eigenvalue weighted by Crippen LogP contribution is -2.06. The van der Waals surface area contributed by atoms with E-state index in [9.17, 15) is 0 Å². The van der Waals surface area contributed by atoms with Gasteiger partial charge in [-0.3, -0.25) is 0 Å². The maximum atomic E-state index is 2.43. The molecule has 0 amide bonds. The third kappa shape index (κ3) is 2.28. The zero-order valence-electron chi connectivity index (χ0n) is 14.4. The molecule has 1 radical (unpaired) electrons. The Morgan fingerprint density at radius 1 is 0.826 bits per heavy atom. The third-order valence-corrected chi connectivity index (χ3v) is 5.07. The first-order chi connectivity index (χ1) is 10.9. The van der Waals surface area contributed by atoms with Gasteiger partial charge in [0.05, 0.1) is 0 Å². The van der Waals surface area contributed by atoms with Crippen LogP contribution in [-0.4, -0.2) is 0 Å². The topological polar surface area (TPSA) is 0 Å². The molecule has 0 N–H and O–H groups in total. The minimum absolute atomic E-state index is 0.209. The highest BCUT2D eigenvalue weighted by molar-refractivity contribution is 5.88. The molecule has 1 atom stereocenters. The molecule has 0 aliphatic heterocycles. The SMILES string of the molecule is CC1C=C(C(C)(C)C)C=C1c1cccc2c1[CH]c1ccccc1-2. The summed E-state index contributed by atoms with van der Waals surface area (Å²) in [7, 11) is 0. The van der Waals surface area contributed by atoms with Crippen molar-refractivity contribution >= 4 is 5.57 Å². The van der Waals surface area contributed by atoms with Crippen molar-refractivity contribution in [1.82, 2.24) is 0 Å². The molecule has 0 nitrogen and oxygen atoms in total. The van der Waals surface area contributed by atoms with Crippen LogP contribution in [0, 0.1) is 17.8 Å². The first-order valence-electron chi connectivity index (χ1n) is 8.46. The van der Waals surface area contributed by atoms with Gasteiger partial charge in [0.1, 0.15) is 0 Å². The van der Waals surface area contributed by atoms with E-state index in [-0.39, 0.29) is 5.41 Å². The highest BCUT2D eigenvalue weighted by Gasteiger charge is 2.28. The number of rotatable bonds is 1. The van der Waals surface area contributed by atoms with Gasteiger partial charge in [-0.05, 0) is 44.4 Å². The van der Waals surface area contributed by atoms with E-state index in [4.69, 9.17) is 0 Å². The van der Waals surface area contributed by atoms with Gasteiger partial charge in [-0.2, -0.15) is 0 Å². The number of allylic oxidation sites excluding steroid dienone is 4. The van der Waals surface area contributed by atoms with Crippen molar-refractivity contribution in [2.45, 2.75) is 27.7 Å². The van der Waals surface area contributed by atoms with E-state index >= 15 is 0 Å². The average molecular weight is 299 g/mol. The molecule has 2 aromatic rings. The molecular weight excluding hydrogens is 276 g/mol. The van der Waals surface area contributed by atoms with Gasteiger partial charge >= 0.3 is 0 Å². The predicted octanol–water partition coefficient (Wildman–Crippen LogP) is 6.27. The minimum Gasteiger partial charge on any atom is -0.0735 e. The van der Waals surface area contributed by atoms with Gasteiger partial charge in [-0.15, -0.1) is 0 Å². The molecular formula is C23H23. The lowest BCUT2D eigenvalue weighted by Gasteiger charge is -2.18. The molecule has 0 saturated heterocycles. The molecule has 4 rings (SSSR count). The summed E-state index contributed by atoms with van der Waals surface area (Å²) in [6.45, 7) is 9.19. The molecule has 0 saturated carbocycles. The van der Waals surface area contributed by atoms with Crippen molar-refractivity contribution in [2.24, 2.45) is 11.3 Å². The summed E-state index contributed by atoms with van der Waals surface area (Å²) in [5, 5.41) is 0. The van der Waals surface area contributed by atoms with Crippen LogP contribution in [0.5, 0.6) is 0 Å². The third-order valence-electron chi connectivity index (χ3n) is 5.07. The fourth-order valence-corrected chi connectivity index (χ4v) is 3.73. The Bertz CT molecular complexity index is 841. The van der Waals surface area contributed by atoms with Crippen LogP contribution in [0.3, 0.4) is 0 Å². The molecule has 2 aromatic carbocycles. The first-order valence-corrected chi connectivity index (χ1v) is 8.46. The number of benzene rings is 2. The molecule has 0 heteroatoms. The highest BCUT2D eigenvalue weighted by atomic mass is 14.3. The van der Waals surface area contributed by atoms with Crippen LogP contribution >= 0.6 is 0 Å². The summed E-state index contributed by atoms with van der Waals surface area (Å²) in [6, 6.07) is 15.4. The average Bonchev–Trinajstić information content (AvgIpc) is 3.07. The van der Waals surface area contributed by atoms with Crippen LogP contribution in [0.25, 0.3) is 16.7 Å². The van der Waals surface area contributed by atoms with Crippen LogP contribution in [0.1, 0.15) is 44.4 Å². The van der Waals surface area contributed by atoms with Crippen LogP contribution in [0.2, 0.25) is 0 Å². The standard InChI is InChI=1S/C23H23/c1-15-12-17(23(2,3)4)14-21(15)20-11-7-10-19-18-9-6-5-8-16(18)13-22(19)20/h5-15H,1-4H3. The lowest BCUT2D eigenvalue weighted by atomic mass is 9.87. The monoisotopic (exact) mass is 299 g/mol. The molecule has 0 aromatic heterocycles. The van der Waals surface area contributed by atoms with Gasteiger partial charge in [-0.25, -0.2) is 0 Å². The van der Waals surface area contributed by atoms with Crippen LogP contribution < -0.4 is 0 Å². The lowest BCUT2D eigenvalue weighted by molar-refractivity contribution is 0.516. The van der Waals surface area contributed by atoms with Crippen LogP contribution in [0.4, 0.5) is 0 Å². The maximum Gasteiger partial charge on any atom is 0.0218 e. The Labute approximate surface area is 139 Å². The summed E-state index contributed by atoms with van der Waals surface area (Å²) < 4.78 is 0. The van der Waals surface area contributed by atoms with Gasteiger partial charge in [0, 0.05) is 12.3 Å². The Hall–Kier alpha value is -2.08. The maximum absolute atomic E-state index is 2.43. The Morgan fingerprint density at radius 3 is 2.26 bits per heavy atom. The Morgan fingerprint density at radius 2 is 1.52 bits per heavy atom. The quantitative estimate of drug-likeness (QED) is 0.496. The van der Waals surface area contributed by atoms with Crippen LogP contribution in [-0.2, 0) is 0 Å². The number of hydrogen-bond donors (Lipinski definition) is 0. The summed E-state index contributed by atoms with van der Waals surface area (Å²) in [5.74, 6) is 0.479. The van der Waals surface area contributed by atoms with E-state index in [0.717, 1.165) is 0 Å². The fourth-order valence-electron chi connectivity index (χ4n) is 3.73. The van der Waals surface area contributed by atoms with Crippen molar-refractivity contribution in [3.63, 3.8) is 0 Å². The van der Waals surface area contributed by atoms with E-state index in [1.807, 2.05) is 0 Å². The Kier molecular flexibility index (Phi) is 3.13. The van der Waals surface area contributed by atoms with Crippen molar-refractivity contribution in [1.29, 1.82) is 0 Å².